The van der Waals surface area contributed by atoms with Gasteiger partial charge in [0.25, 0.3) is 0 Å². The molecular weight excluding hydrogens is 268 g/mol. The Hall–Kier alpha value is -0.0400. The Morgan fingerprint density at radius 2 is 0.955 bits per heavy atom. The van der Waals surface area contributed by atoms with Gasteiger partial charge in [-0.1, -0.05) is 19.8 Å². The second-order valence-corrected chi connectivity index (χ2v) is 8.93. The Labute approximate surface area is 138 Å². The third-order valence-electron chi connectivity index (χ3n) is 7.50. The summed E-state index contributed by atoms with van der Waals surface area (Å²) in [6.07, 6.45) is 18.2. The summed E-state index contributed by atoms with van der Waals surface area (Å²) in [6.45, 7) is 3.45. The van der Waals surface area contributed by atoms with Gasteiger partial charge >= 0.3 is 0 Å². The molecule has 3 fully saturated rings. The maximum atomic E-state index is 5.35. The van der Waals surface area contributed by atoms with Crippen molar-refractivity contribution in [1.82, 2.24) is 0 Å². The van der Waals surface area contributed by atoms with Crippen LogP contribution in [-0.4, -0.2) is 13.7 Å². The normalized spacial score (nSPS) is 43.9. The molecule has 0 radical (unpaired) electrons. The second kappa shape index (κ2) is 8.18. The van der Waals surface area contributed by atoms with Crippen LogP contribution in [0.3, 0.4) is 0 Å². The third-order valence-corrected chi connectivity index (χ3v) is 7.50. The highest BCUT2D eigenvalue weighted by atomic mass is 16.5. The van der Waals surface area contributed by atoms with E-state index in [1.54, 1.807) is 38.5 Å². The first-order valence-corrected chi connectivity index (χ1v) is 10.2. The molecule has 0 aromatic carbocycles. The Morgan fingerprint density at radius 1 is 0.591 bits per heavy atom. The van der Waals surface area contributed by atoms with Gasteiger partial charge in [-0.2, -0.15) is 0 Å². The maximum Gasteiger partial charge on any atom is 0.0490 e. The van der Waals surface area contributed by atoms with Crippen molar-refractivity contribution in [2.24, 2.45) is 35.5 Å². The molecule has 3 aliphatic carbocycles. The van der Waals surface area contributed by atoms with Crippen molar-refractivity contribution in [3.63, 3.8) is 0 Å². The summed E-state index contributed by atoms with van der Waals surface area (Å²) in [7, 11) is 1.86. The summed E-state index contributed by atoms with van der Waals surface area (Å²) in [5.74, 6) is 6.18. The molecule has 0 amide bonds. The molecule has 0 heterocycles. The quantitative estimate of drug-likeness (QED) is 0.612. The molecule has 0 N–H and O–H groups in total. The van der Waals surface area contributed by atoms with Gasteiger partial charge in [0, 0.05) is 13.7 Å². The second-order valence-electron chi connectivity index (χ2n) is 8.93. The van der Waals surface area contributed by atoms with Crippen LogP contribution in [0.1, 0.15) is 84.0 Å². The van der Waals surface area contributed by atoms with E-state index in [0.29, 0.717) is 0 Å². The van der Waals surface area contributed by atoms with E-state index in [0.717, 1.165) is 42.1 Å². The van der Waals surface area contributed by atoms with Crippen molar-refractivity contribution in [3.8, 4) is 0 Å². The minimum Gasteiger partial charge on any atom is -0.384 e. The van der Waals surface area contributed by atoms with Crippen LogP contribution in [-0.2, 0) is 4.74 Å². The predicted molar refractivity (Wildman–Crippen MR) is 93.9 cm³/mol. The molecule has 1 nitrogen and oxygen atoms in total. The van der Waals surface area contributed by atoms with Gasteiger partial charge in [-0.3, -0.25) is 0 Å². The Kier molecular flexibility index (Phi) is 6.24. The molecule has 0 aliphatic heterocycles. The zero-order chi connectivity index (χ0) is 15.4. The van der Waals surface area contributed by atoms with E-state index in [-0.39, 0.29) is 0 Å². The Balaban J connectivity index is 1.39. The lowest BCUT2D eigenvalue weighted by molar-refractivity contribution is 0.0813. The van der Waals surface area contributed by atoms with E-state index >= 15 is 0 Å². The van der Waals surface area contributed by atoms with Crippen LogP contribution in [0.2, 0.25) is 0 Å². The molecule has 22 heavy (non-hydrogen) atoms. The number of hydrogen-bond acceptors (Lipinski definition) is 1. The average molecular weight is 307 g/mol. The topological polar surface area (TPSA) is 9.23 Å². The minimum atomic E-state index is 0.863. The standard InChI is InChI=1S/C21H38O/c1-16-3-7-18(8-4-16)20-11-13-21(14-12-20)19-9-5-17(6-10-19)15-22-2/h16-21H,3-15H2,1-2H3. The van der Waals surface area contributed by atoms with Crippen LogP contribution < -0.4 is 0 Å². The summed E-state index contributed by atoms with van der Waals surface area (Å²) < 4.78 is 5.35. The fraction of sp³-hybridized carbons (Fsp3) is 1.00. The van der Waals surface area contributed by atoms with Crippen LogP contribution >= 0.6 is 0 Å². The van der Waals surface area contributed by atoms with Crippen molar-refractivity contribution in [2.45, 2.75) is 84.0 Å². The fourth-order valence-corrected chi connectivity index (χ4v) is 5.91. The molecule has 128 valence electrons. The largest absolute Gasteiger partial charge is 0.384 e. The first-order chi connectivity index (χ1) is 10.8. The van der Waals surface area contributed by atoms with E-state index in [1.807, 2.05) is 7.11 Å². The van der Waals surface area contributed by atoms with E-state index in [2.05, 4.69) is 6.92 Å². The summed E-state index contributed by atoms with van der Waals surface area (Å²) in [5, 5.41) is 0. The maximum absolute atomic E-state index is 5.35. The summed E-state index contributed by atoms with van der Waals surface area (Å²) in [6, 6.07) is 0. The van der Waals surface area contributed by atoms with Gasteiger partial charge in [0.05, 0.1) is 0 Å². The van der Waals surface area contributed by atoms with E-state index in [4.69, 9.17) is 4.74 Å². The first kappa shape index (κ1) is 16.8. The highest BCUT2D eigenvalue weighted by Crippen LogP contribution is 2.45. The van der Waals surface area contributed by atoms with Gasteiger partial charge in [0.1, 0.15) is 0 Å². The van der Waals surface area contributed by atoms with Crippen molar-refractivity contribution in [3.05, 3.63) is 0 Å². The molecule has 3 rings (SSSR count). The lowest BCUT2D eigenvalue weighted by Gasteiger charge is -2.41. The zero-order valence-electron chi connectivity index (χ0n) is 15.1. The predicted octanol–water partition coefficient (Wildman–Crippen LogP) is 6.07. The number of methoxy groups -OCH3 is 1. The third kappa shape index (κ3) is 4.28. The van der Waals surface area contributed by atoms with E-state index in [9.17, 15) is 0 Å². The van der Waals surface area contributed by atoms with Crippen molar-refractivity contribution < 1.29 is 4.74 Å². The van der Waals surface area contributed by atoms with Crippen molar-refractivity contribution in [2.75, 3.05) is 13.7 Å². The first-order valence-electron chi connectivity index (χ1n) is 10.2. The van der Waals surface area contributed by atoms with Crippen LogP contribution in [0.15, 0.2) is 0 Å². The summed E-state index contributed by atoms with van der Waals surface area (Å²) >= 11 is 0. The fourth-order valence-electron chi connectivity index (χ4n) is 5.91. The van der Waals surface area contributed by atoms with Gasteiger partial charge in [0.15, 0.2) is 0 Å². The molecule has 0 atom stereocenters. The average Bonchev–Trinajstić information content (AvgIpc) is 2.57. The molecule has 1 heteroatoms. The van der Waals surface area contributed by atoms with Gasteiger partial charge in [-0.05, 0) is 99.7 Å². The van der Waals surface area contributed by atoms with Gasteiger partial charge in [0.2, 0.25) is 0 Å². The summed E-state index contributed by atoms with van der Waals surface area (Å²) in [4.78, 5) is 0. The van der Waals surface area contributed by atoms with Crippen LogP contribution in [0.5, 0.6) is 0 Å². The van der Waals surface area contributed by atoms with Gasteiger partial charge < -0.3 is 4.74 Å². The number of hydrogen-bond donors (Lipinski definition) is 0. The highest BCUT2D eigenvalue weighted by molar-refractivity contribution is 4.85. The monoisotopic (exact) mass is 306 g/mol. The Morgan fingerprint density at radius 3 is 1.36 bits per heavy atom. The lowest BCUT2D eigenvalue weighted by Crippen LogP contribution is -2.30. The minimum absolute atomic E-state index is 0.863. The van der Waals surface area contributed by atoms with Gasteiger partial charge in [-0.15, -0.1) is 0 Å². The molecule has 3 aliphatic rings. The van der Waals surface area contributed by atoms with Crippen LogP contribution in [0.4, 0.5) is 0 Å². The molecule has 3 saturated carbocycles. The van der Waals surface area contributed by atoms with Crippen molar-refractivity contribution >= 4 is 0 Å². The van der Waals surface area contributed by atoms with Crippen molar-refractivity contribution in [1.29, 1.82) is 0 Å². The molecule has 0 aromatic rings. The molecule has 0 aromatic heterocycles. The van der Waals surface area contributed by atoms with E-state index in [1.165, 1.54) is 38.5 Å². The van der Waals surface area contributed by atoms with E-state index < -0.39 is 0 Å². The molecule has 0 saturated heterocycles. The molecule has 0 spiro atoms. The SMILES string of the molecule is COCC1CCC(C2CCC(C3CCC(C)CC3)CC2)CC1. The van der Waals surface area contributed by atoms with Gasteiger partial charge in [-0.25, -0.2) is 0 Å². The van der Waals surface area contributed by atoms with Crippen LogP contribution in [0.25, 0.3) is 0 Å². The molecule has 0 bridgehead atoms. The number of rotatable bonds is 4. The zero-order valence-corrected chi connectivity index (χ0v) is 15.1. The molecular formula is C21H38O. The Bertz CT molecular complexity index is 302. The summed E-state index contributed by atoms with van der Waals surface area (Å²) in [5.41, 5.74) is 0. The smallest absolute Gasteiger partial charge is 0.0490 e. The molecule has 0 unspecified atom stereocenters. The highest BCUT2D eigenvalue weighted by Gasteiger charge is 2.34. The number of ether oxygens (including phenoxy) is 1. The van der Waals surface area contributed by atoms with Crippen LogP contribution in [0, 0.1) is 35.5 Å². The lowest BCUT2D eigenvalue weighted by atomic mass is 9.65.